The molecule has 0 bridgehead atoms. The van der Waals surface area contributed by atoms with E-state index in [0.29, 0.717) is 24.2 Å². The standard InChI is InChI=1S/C28H32ClN7O/c29-22-5-7-23(8-6-22)31-27-19-25(32-28(33-27)35-14-16-37-17-15-35)21-4-9-24-26(18-21)36(20-30-24)13-3-12-34-10-1-2-11-34/h4-9,18-20H,1-3,10-17H2,(H,31,32,33). The Morgan fingerprint density at radius 1 is 0.892 bits per heavy atom. The predicted molar refractivity (Wildman–Crippen MR) is 149 cm³/mol. The van der Waals surface area contributed by atoms with Crippen molar-refractivity contribution >= 4 is 40.1 Å². The van der Waals surface area contributed by atoms with Crippen molar-refractivity contribution in [3.63, 3.8) is 0 Å². The molecule has 0 spiro atoms. The number of rotatable bonds is 8. The molecule has 4 aromatic rings. The summed E-state index contributed by atoms with van der Waals surface area (Å²) in [6.45, 7) is 7.48. The number of aryl methyl sites for hydroxylation is 1. The van der Waals surface area contributed by atoms with Gasteiger partial charge in [0.05, 0.1) is 36.3 Å². The number of nitrogens with one attached hydrogen (secondary N) is 1. The Morgan fingerprint density at radius 2 is 1.70 bits per heavy atom. The van der Waals surface area contributed by atoms with Crippen LogP contribution in [-0.2, 0) is 11.3 Å². The van der Waals surface area contributed by atoms with E-state index in [2.05, 4.69) is 42.9 Å². The summed E-state index contributed by atoms with van der Waals surface area (Å²) < 4.78 is 7.82. The summed E-state index contributed by atoms with van der Waals surface area (Å²) in [5, 5.41) is 4.13. The lowest BCUT2D eigenvalue weighted by molar-refractivity contribution is 0.122. The molecule has 8 nitrogen and oxygen atoms in total. The van der Waals surface area contributed by atoms with E-state index in [1.165, 1.54) is 25.9 Å². The minimum Gasteiger partial charge on any atom is -0.378 e. The van der Waals surface area contributed by atoms with Crippen LogP contribution in [0.1, 0.15) is 19.3 Å². The van der Waals surface area contributed by atoms with Crippen LogP contribution in [0, 0.1) is 0 Å². The number of hydrogen-bond donors (Lipinski definition) is 1. The van der Waals surface area contributed by atoms with Gasteiger partial charge in [-0.1, -0.05) is 17.7 Å². The molecule has 2 saturated heterocycles. The monoisotopic (exact) mass is 517 g/mol. The zero-order valence-electron chi connectivity index (χ0n) is 20.9. The van der Waals surface area contributed by atoms with Gasteiger partial charge in [-0.05, 0) is 75.3 Å². The molecule has 0 saturated carbocycles. The molecule has 6 rings (SSSR count). The SMILES string of the molecule is Clc1ccc(Nc2cc(-c3ccc4ncn(CCCN5CCCC5)c4c3)nc(N3CCOCC3)n2)cc1. The van der Waals surface area contributed by atoms with Gasteiger partial charge < -0.3 is 24.4 Å². The third-order valence-corrected chi connectivity index (χ3v) is 7.37. The lowest BCUT2D eigenvalue weighted by atomic mass is 10.1. The van der Waals surface area contributed by atoms with E-state index in [-0.39, 0.29) is 0 Å². The van der Waals surface area contributed by atoms with Crippen molar-refractivity contribution in [1.82, 2.24) is 24.4 Å². The molecule has 192 valence electrons. The van der Waals surface area contributed by atoms with Gasteiger partial charge in [-0.15, -0.1) is 0 Å². The van der Waals surface area contributed by atoms with Gasteiger partial charge in [0, 0.05) is 42.0 Å². The van der Waals surface area contributed by atoms with Crippen molar-refractivity contribution in [2.24, 2.45) is 0 Å². The maximum absolute atomic E-state index is 6.08. The molecule has 2 aromatic heterocycles. The first kappa shape index (κ1) is 24.2. The number of imidazole rings is 1. The summed E-state index contributed by atoms with van der Waals surface area (Å²) in [6, 6.07) is 16.0. The van der Waals surface area contributed by atoms with Crippen molar-refractivity contribution in [3.05, 3.63) is 59.9 Å². The first-order valence-electron chi connectivity index (χ1n) is 13.1. The molecule has 37 heavy (non-hydrogen) atoms. The molecule has 2 aliphatic heterocycles. The van der Waals surface area contributed by atoms with Crippen LogP contribution in [0.3, 0.4) is 0 Å². The van der Waals surface area contributed by atoms with Crippen LogP contribution in [0.25, 0.3) is 22.3 Å². The molecule has 0 amide bonds. The number of anilines is 3. The van der Waals surface area contributed by atoms with Crippen molar-refractivity contribution < 1.29 is 4.74 Å². The van der Waals surface area contributed by atoms with Gasteiger partial charge in [0.1, 0.15) is 5.82 Å². The highest BCUT2D eigenvalue weighted by Crippen LogP contribution is 2.28. The number of likely N-dealkylation sites (tertiary alicyclic amines) is 1. The number of hydrogen-bond acceptors (Lipinski definition) is 7. The zero-order chi connectivity index (χ0) is 25.0. The molecular weight excluding hydrogens is 486 g/mol. The fourth-order valence-electron chi connectivity index (χ4n) is 5.10. The van der Waals surface area contributed by atoms with Crippen LogP contribution in [-0.4, -0.2) is 70.4 Å². The van der Waals surface area contributed by atoms with E-state index < -0.39 is 0 Å². The second kappa shape index (κ2) is 11.0. The fraction of sp³-hybridized carbons (Fsp3) is 0.393. The Kier molecular flexibility index (Phi) is 7.21. The Hall–Kier alpha value is -3.20. The molecule has 2 aromatic carbocycles. The zero-order valence-corrected chi connectivity index (χ0v) is 21.7. The highest BCUT2D eigenvalue weighted by molar-refractivity contribution is 6.30. The maximum atomic E-state index is 6.08. The lowest BCUT2D eigenvalue weighted by Gasteiger charge is -2.27. The van der Waals surface area contributed by atoms with Gasteiger partial charge in [-0.2, -0.15) is 4.98 Å². The van der Waals surface area contributed by atoms with Crippen LogP contribution in [0.15, 0.2) is 54.9 Å². The number of fused-ring (bicyclic) bond motifs is 1. The molecule has 2 aliphatic rings. The molecule has 9 heteroatoms. The summed E-state index contributed by atoms with van der Waals surface area (Å²) in [6.07, 6.45) is 5.75. The van der Waals surface area contributed by atoms with Gasteiger partial charge in [0.2, 0.25) is 5.95 Å². The molecule has 0 atom stereocenters. The Morgan fingerprint density at radius 3 is 2.51 bits per heavy atom. The number of benzene rings is 2. The van der Waals surface area contributed by atoms with Gasteiger partial charge in [-0.25, -0.2) is 9.97 Å². The molecule has 0 unspecified atom stereocenters. The maximum Gasteiger partial charge on any atom is 0.228 e. The highest BCUT2D eigenvalue weighted by Gasteiger charge is 2.17. The van der Waals surface area contributed by atoms with Crippen LogP contribution < -0.4 is 10.2 Å². The predicted octanol–water partition coefficient (Wildman–Crippen LogP) is 5.21. The molecule has 4 heterocycles. The molecule has 0 radical (unpaired) electrons. The summed E-state index contributed by atoms with van der Waals surface area (Å²) >= 11 is 6.08. The Bertz CT molecular complexity index is 1340. The summed E-state index contributed by atoms with van der Waals surface area (Å²) in [7, 11) is 0. The molecule has 2 fully saturated rings. The second-order valence-corrected chi connectivity index (χ2v) is 10.1. The number of nitrogens with zero attached hydrogens (tertiary/aromatic N) is 6. The van der Waals surface area contributed by atoms with Crippen molar-refractivity contribution in [3.8, 4) is 11.3 Å². The Balaban J connectivity index is 1.30. The first-order chi connectivity index (χ1) is 18.2. The van der Waals surface area contributed by atoms with Crippen LogP contribution in [0.2, 0.25) is 5.02 Å². The third kappa shape index (κ3) is 5.71. The van der Waals surface area contributed by atoms with Gasteiger partial charge >= 0.3 is 0 Å². The van der Waals surface area contributed by atoms with E-state index >= 15 is 0 Å². The van der Waals surface area contributed by atoms with E-state index in [4.69, 9.17) is 26.3 Å². The fourth-order valence-corrected chi connectivity index (χ4v) is 5.22. The van der Waals surface area contributed by atoms with Gasteiger partial charge in [0.25, 0.3) is 0 Å². The number of ether oxygens (including phenoxy) is 1. The summed E-state index contributed by atoms with van der Waals surface area (Å²) in [5.41, 5.74) is 4.99. The third-order valence-electron chi connectivity index (χ3n) is 7.11. The van der Waals surface area contributed by atoms with E-state index in [1.54, 1.807) is 0 Å². The minimum absolute atomic E-state index is 0.677. The normalized spacial score (nSPS) is 16.5. The lowest BCUT2D eigenvalue weighted by Crippen LogP contribution is -2.37. The largest absolute Gasteiger partial charge is 0.378 e. The molecular formula is C28H32ClN7O. The van der Waals surface area contributed by atoms with E-state index in [9.17, 15) is 0 Å². The number of halogens is 1. The molecule has 1 N–H and O–H groups in total. The highest BCUT2D eigenvalue weighted by atomic mass is 35.5. The topological polar surface area (TPSA) is 71.3 Å². The van der Waals surface area contributed by atoms with Gasteiger partial charge in [0.15, 0.2) is 0 Å². The van der Waals surface area contributed by atoms with Crippen LogP contribution in [0.5, 0.6) is 0 Å². The van der Waals surface area contributed by atoms with Crippen molar-refractivity contribution in [1.29, 1.82) is 0 Å². The van der Waals surface area contributed by atoms with E-state index in [1.807, 2.05) is 36.7 Å². The summed E-state index contributed by atoms with van der Waals surface area (Å²) in [5.74, 6) is 1.45. The van der Waals surface area contributed by atoms with Crippen molar-refractivity contribution in [2.75, 3.05) is 56.2 Å². The average molecular weight is 518 g/mol. The quantitative estimate of drug-likeness (QED) is 0.344. The van der Waals surface area contributed by atoms with Gasteiger partial charge in [-0.3, -0.25) is 0 Å². The number of aromatic nitrogens is 4. The number of morpholine rings is 1. The Labute approximate surface area is 222 Å². The first-order valence-corrected chi connectivity index (χ1v) is 13.5. The summed E-state index contributed by atoms with van der Waals surface area (Å²) in [4.78, 5) is 19.2. The minimum atomic E-state index is 0.677. The average Bonchev–Trinajstić information content (AvgIpc) is 3.60. The smallest absolute Gasteiger partial charge is 0.228 e. The van der Waals surface area contributed by atoms with E-state index in [0.717, 1.165) is 66.4 Å². The van der Waals surface area contributed by atoms with Crippen LogP contribution in [0.4, 0.5) is 17.5 Å². The second-order valence-electron chi connectivity index (χ2n) is 9.71. The molecule has 0 aliphatic carbocycles. The van der Waals surface area contributed by atoms with Crippen LogP contribution >= 0.6 is 11.6 Å². The van der Waals surface area contributed by atoms with Crippen molar-refractivity contribution in [2.45, 2.75) is 25.8 Å².